The highest BCUT2D eigenvalue weighted by Gasteiger charge is 2.28. The van der Waals surface area contributed by atoms with Crippen LogP contribution in [0.4, 0.5) is 0 Å². The van der Waals surface area contributed by atoms with Crippen LogP contribution in [0.3, 0.4) is 0 Å². The minimum absolute atomic E-state index is 0.674. The van der Waals surface area contributed by atoms with Gasteiger partial charge in [-0.2, -0.15) is 0 Å². The lowest BCUT2D eigenvalue weighted by molar-refractivity contribution is 0.0497. The topological polar surface area (TPSA) is 18.5 Å². The van der Waals surface area contributed by atoms with Crippen molar-refractivity contribution in [3.05, 3.63) is 0 Å². The lowest BCUT2D eigenvalue weighted by Crippen LogP contribution is -2.55. The normalized spacial score (nSPS) is 26.7. The second kappa shape index (κ2) is 8.35. The second-order valence-corrected chi connectivity index (χ2v) is 7.31. The molecule has 0 bridgehead atoms. The van der Waals surface area contributed by atoms with Crippen LogP contribution in [0.2, 0.25) is 0 Å². The molecule has 2 atom stereocenters. The molecule has 3 heteroatoms. The van der Waals surface area contributed by atoms with E-state index in [1.807, 2.05) is 0 Å². The predicted molar refractivity (Wildman–Crippen MR) is 87.2 cm³/mol. The molecular weight excluding hydrogens is 246 g/mol. The highest BCUT2D eigenvalue weighted by molar-refractivity contribution is 4.85. The standard InChI is InChI=1S/C17H35N3/c1-15(2)7-8-16(3)18-9-11-19-12-13-20-10-5-4-6-17(20)14-19/h15-18H,4-14H2,1-3H3. The molecule has 3 nitrogen and oxygen atoms in total. The Morgan fingerprint density at radius 3 is 2.70 bits per heavy atom. The Morgan fingerprint density at radius 1 is 1.05 bits per heavy atom. The fraction of sp³-hybridized carbons (Fsp3) is 1.00. The quantitative estimate of drug-likeness (QED) is 0.774. The summed E-state index contributed by atoms with van der Waals surface area (Å²) in [5.74, 6) is 0.832. The lowest BCUT2D eigenvalue weighted by atomic mass is 9.99. The molecule has 2 fully saturated rings. The van der Waals surface area contributed by atoms with E-state index < -0.39 is 0 Å². The van der Waals surface area contributed by atoms with Gasteiger partial charge in [0.05, 0.1) is 0 Å². The van der Waals surface area contributed by atoms with E-state index in [2.05, 4.69) is 35.9 Å². The fourth-order valence-corrected chi connectivity index (χ4v) is 3.58. The number of nitrogens with one attached hydrogen (secondary N) is 1. The van der Waals surface area contributed by atoms with Gasteiger partial charge in [0.15, 0.2) is 0 Å². The summed E-state index contributed by atoms with van der Waals surface area (Å²) in [6, 6.07) is 1.53. The van der Waals surface area contributed by atoms with Gasteiger partial charge in [-0.15, -0.1) is 0 Å². The first kappa shape index (κ1) is 16.3. The Morgan fingerprint density at radius 2 is 1.90 bits per heavy atom. The molecule has 20 heavy (non-hydrogen) atoms. The van der Waals surface area contributed by atoms with Crippen LogP contribution in [0.15, 0.2) is 0 Å². The van der Waals surface area contributed by atoms with Crippen molar-refractivity contribution in [3.8, 4) is 0 Å². The smallest absolute Gasteiger partial charge is 0.0223 e. The molecule has 2 saturated heterocycles. The lowest BCUT2D eigenvalue weighted by Gasteiger charge is -2.44. The van der Waals surface area contributed by atoms with Gasteiger partial charge in [-0.25, -0.2) is 0 Å². The third kappa shape index (κ3) is 5.34. The van der Waals surface area contributed by atoms with E-state index >= 15 is 0 Å². The molecule has 0 spiro atoms. The summed E-state index contributed by atoms with van der Waals surface area (Å²) < 4.78 is 0. The molecule has 2 rings (SSSR count). The van der Waals surface area contributed by atoms with Crippen molar-refractivity contribution in [2.45, 2.75) is 65.0 Å². The first-order valence-corrected chi connectivity index (χ1v) is 8.85. The van der Waals surface area contributed by atoms with E-state index in [1.54, 1.807) is 0 Å². The monoisotopic (exact) mass is 281 g/mol. The molecule has 0 aromatic rings. The third-order valence-corrected chi connectivity index (χ3v) is 5.02. The Labute approximate surface area is 126 Å². The number of nitrogens with zero attached hydrogens (tertiary/aromatic N) is 2. The van der Waals surface area contributed by atoms with Gasteiger partial charge < -0.3 is 5.32 Å². The summed E-state index contributed by atoms with van der Waals surface area (Å²) >= 11 is 0. The summed E-state index contributed by atoms with van der Waals surface area (Å²) in [7, 11) is 0. The van der Waals surface area contributed by atoms with Gasteiger partial charge >= 0.3 is 0 Å². The number of rotatable bonds is 7. The first-order chi connectivity index (χ1) is 9.65. The molecule has 118 valence electrons. The Hall–Kier alpha value is -0.120. The molecule has 2 heterocycles. The van der Waals surface area contributed by atoms with Gasteiger partial charge in [0.2, 0.25) is 0 Å². The van der Waals surface area contributed by atoms with Crippen LogP contribution < -0.4 is 5.32 Å². The largest absolute Gasteiger partial charge is 0.313 e. The molecule has 0 radical (unpaired) electrons. The Kier molecular flexibility index (Phi) is 6.79. The summed E-state index contributed by atoms with van der Waals surface area (Å²) in [6.07, 6.45) is 6.95. The highest BCUT2D eigenvalue weighted by Crippen LogP contribution is 2.20. The van der Waals surface area contributed by atoms with Gasteiger partial charge in [-0.05, 0) is 45.1 Å². The molecule has 0 aromatic carbocycles. The van der Waals surface area contributed by atoms with E-state index in [0.717, 1.165) is 18.5 Å². The fourth-order valence-electron chi connectivity index (χ4n) is 3.58. The van der Waals surface area contributed by atoms with Crippen LogP contribution in [0.1, 0.15) is 52.9 Å². The number of hydrogen-bond donors (Lipinski definition) is 1. The molecule has 0 aromatic heterocycles. The first-order valence-electron chi connectivity index (χ1n) is 8.85. The summed E-state index contributed by atoms with van der Waals surface area (Å²) in [4.78, 5) is 5.40. The van der Waals surface area contributed by atoms with E-state index in [-0.39, 0.29) is 0 Å². The summed E-state index contributed by atoms with van der Waals surface area (Å²) in [6.45, 7) is 14.6. The van der Waals surface area contributed by atoms with Gasteiger partial charge in [-0.1, -0.05) is 20.3 Å². The van der Waals surface area contributed by atoms with Crippen LogP contribution in [0.25, 0.3) is 0 Å². The van der Waals surface area contributed by atoms with Gasteiger partial charge in [0, 0.05) is 44.8 Å². The third-order valence-electron chi connectivity index (χ3n) is 5.02. The Bertz CT molecular complexity index is 267. The highest BCUT2D eigenvalue weighted by atomic mass is 15.3. The zero-order chi connectivity index (χ0) is 14.4. The van der Waals surface area contributed by atoms with Crippen LogP contribution in [-0.2, 0) is 0 Å². The van der Waals surface area contributed by atoms with E-state index in [4.69, 9.17) is 0 Å². The molecule has 0 saturated carbocycles. The van der Waals surface area contributed by atoms with Crippen molar-refractivity contribution in [1.82, 2.24) is 15.1 Å². The minimum atomic E-state index is 0.674. The van der Waals surface area contributed by atoms with Crippen molar-refractivity contribution in [3.63, 3.8) is 0 Å². The average molecular weight is 281 g/mol. The van der Waals surface area contributed by atoms with Crippen molar-refractivity contribution in [2.24, 2.45) is 5.92 Å². The van der Waals surface area contributed by atoms with E-state index in [9.17, 15) is 0 Å². The predicted octanol–water partition coefficient (Wildman–Crippen LogP) is 2.57. The van der Waals surface area contributed by atoms with Gasteiger partial charge in [0.25, 0.3) is 0 Å². The van der Waals surface area contributed by atoms with Crippen molar-refractivity contribution in [2.75, 3.05) is 39.3 Å². The maximum absolute atomic E-state index is 3.70. The molecule has 1 N–H and O–H groups in total. The number of piperidine rings is 1. The summed E-state index contributed by atoms with van der Waals surface area (Å²) in [5.41, 5.74) is 0. The van der Waals surface area contributed by atoms with Crippen LogP contribution in [0.5, 0.6) is 0 Å². The Balaban J connectivity index is 1.57. The van der Waals surface area contributed by atoms with E-state index in [1.165, 1.54) is 64.8 Å². The minimum Gasteiger partial charge on any atom is -0.313 e. The molecule has 0 aliphatic carbocycles. The van der Waals surface area contributed by atoms with Gasteiger partial charge in [-0.3, -0.25) is 9.80 Å². The van der Waals surface area contributed by atoms with Crippen molar-refractivity contribution >= 4 is 0 Å². The van der Waals surface area contributed by atoms with Crippen LogP contribution >= 0.6 is 0 Å². The maximum atomic E-state index is 3.70. The number of hydrogen-bond acceptors (Lipinski definition) is 3. The number of fused-ring (bicyclic) bond motifs is 1. The molecular formula is C17H35N3. The maximum Gasteiger partial charge on any atom is 0.0223 e. The van der Waals surface area contributed by atoms with Crippen LogP contribution in [-0.4, -0.2) is 61.2 Å². The average Bonchev–Trinajstić information content (AvgIpc) is 2.45. The molecule has 2 aliphatic heterocycles. The molecule has 2 aliphatic rings. The van der Waals surface area contributed by atoms with Crippen molar-refractivity contribution in [1.29, 1.82) is 0 Å². The number of piperazine rings is 1. The van der Waals surface area contributed by atoms with Crippen molar-refractivity contribution < 1.29 is 0 Å². The molecule has 2 unspecified atom stereocenters. The zero-order valence-electron chi connectivity index (χ0n) is 13.9. The van der Waals surface area contributed by atoms with Crippen LogP contribution in [0, 0.1) is 5.92 Å². The summed E-state index contributed by atoms with van der Waals surface area (Å²) in [5, 5.41) is 3.70. The zero-order valence-corrected chi connectivity index (χ0v) is 13.9. The second-order valence-electron chi connectivity index (χ2n) is 7.31. The SMILES string of the molecule is CC(C)CCC(C)NCCN1CCN2CCCCC2C1. The molecule has 0 amide bonds. The van der Waals surface area contributed by atoms with E-state index in [0.29, 0.717) is 6.04 Å². The van der Waals surface area contributed by atoms with Gasteiger partial charge in [0.1, 0.15) is 0 Å².